The Labute approximate surface area is 143 Å². The van der Waals surface area contributed by atoms with Crippen molar-refractivity contribution < 1.29 is 10.2 Å². The number of fused-ring (bicyclic) bond motifs is 2. The van der Waals surface area contributed by atoms with Gasteiger partial charge in [0.2, 0.25) is 0 Å². The molecule has 5 heterocycles. The molecule has 5 bridgehead atoms. The predicted molar refractivity (Wildman–Crippen MR) is 91.7 cm³/mol. The Bertz CT molecular complexity index is 723. The fraction of sp³-hybridized carbons (Fsp3) is 0.700. The largest absolute Gasteiger partial charge is 0.392 e. The predicted octanol–water partition coefficient (Wildman–Crippen LogP) is 1.55. The quantitative estimate of drug-likeness (QED) is 0.822. The summed E-state index contributed by atoms with van der Waals surface area (Å²) in [4.78, 5) is 4.83. The van der Waals surface area contributed by atoms with Gasteiger partial charge in [0.1, 0.15) is 6.23 Å². The van der Waals surface area contributed by atoms with E-state index in [-0.39, 0.29) is 17.7 Å². The number of anilines is 1. The molecule has 24 heavy (non-hydrogen) atoms. The lowest BCUT2D eigenvalue weighted by molar-refractivity contribution is -0.211. The molecule has 4 heteroatoms. The molecular formula is C20H26N2O2. The van der Waals surface area contributed by atoms with Gasteiger partial charge in [-0.05, 0) is 36.8 Å². The molecule has 1 aromatic carbocycles. The number of piperidine rings is 4. The van der Waals surface area contributed by atoms with Gasteiger partial charge in [0.25, 0.3) is 0 Å². The molecule has 6 aliphatic rings. The van der Waals surface area contributed by atoms with Crippen molar-refractivity contribution in [3.8, 4) is 0 Å². The molecule has 0 amide bonds. The fourth-order valence-electron chi connectivity index (χ4n) is 7.88. The van der Waals surface area contributed by atoms with Crippen LogP contribution in [-0.2, 0) is 5.41 Å². The highest BCUT2D eigenvalue weighted by molar-refractivity contribution is 5.67. The van der Waals surface area contributed by atoms with Crippen LogP contribution in [0.2, 0.25) is 0 Å². The first kappa shape index (κ1) is 14.1. The van der Waals surface area contributed by atoms with Crippen LogP contribution in [0.25, 0.3) is 0 Å². The van der Waals surface area contributed by atoms with Gasteiger partial charge in [-0.2, -0.15) is 0 Å². The molecule has 1 aromatic rings. The number of aliphatic hydroxyl groups excluding tert-OH is 2. The van der Waals surface area contributed by atoms with Crippen LogP contribution in [0.5, 0.6) is 0 Å². The van der Waals surface area contributed by atoms with Crippen LogP contribution in [0.1, 0.15) is 31.7 Å². The first-order chi connectivity index (χ1) is 11.6. The highest BCUT2D eigenvalue weighted by Gasteiger charge is 2.76. The lowest BCUT2D eigenvalue weighted by atomic mass is 9.62. The minimum absolute atomic E-state index is 0.126. The standard InChI is InChI=1S/C20H26N2O2/c1-3-10-11-8-14-17-20(12-6-4-5-7-13(12)21(17)2)9-15(16(11)18(20)23)22(14)19(10)24/h4-7,10-11,14-19,23-24H,3,8-9H2,1-2H3/t10-,11?,14?,15-,16?,17-,18?,19+,20+/m0/s1. The van der Waals surface area contributed by atoms with E-state index in [0.717, 1.165) is 19.3 Å². The first-order valence-corrected chi connectivity index (χ1v) is 9.57. The minimum Gasteiger partial charge on any atom is -0.392 e. The van der Waals surface area contributed by atoms with Crippen molar-refractivity contribution in [3.05, 3.63) is 29.8 Å². The van der Waals surface area contributed by atoms with E-state index in [1.807, 2.05) is 0 Å². The highest BCUT2D eigenvalue weighted by Crippen LogP contribution is 2.68. The Balaban J connectivity index is 1.60. The molecule has 128 valence electrons. The lowest BCUT2D eigenvalue weighted by Crippen LogP contribution is -2.72. The van der Waals surface area contributed by atoms with Gasteiger partial charge in [-0.3, -0.25) is 4.90 Å². The van der Waals surface area contributed by atoms with Crippen LogP contribution in [0.4, 0.5) is 5.69 Å². The highest BCUT2D eigenvalue weighted by atomic mass is 16.3. The number of rotatable bonds is 1. The molecule has 5 fully saturated rings. The third-order valence-electron chi connectivity index (χ3n) is 8.46. The average molecular weight is 326 g/mol. The summed E-state index contributed by atoms with van der Waals surface area (Å²) in [6.45, 7) is 2.19. The van der Waals surface area contributed by atoms with Crippen LogP contribution in [-0.4, -0.2) is 52.6 Å². The van der Waals surface area contributed by atoms with Crippen LogP contribution in [0.3, 0.4) is 0 Å². The van der Waals surface area contributed by atoms with E-state index < -0.39 is 0 Å². The van der Waals surface area contributed by atoms with E-state index in [4.69, 9.17) is 0 Å². The molecule has 4 nitrogen and oxygen atoms in total. The van der Waals surface area contributed by atoms with Gasteiger partial charge in [0.15, 0.2) is 0 Å². The zero-order chi connectivity index (χ0) is 16.4. The minimum atomic E-state index is -0.319. The van der Waals surface area contributed by atoms with Gasteiger partial charge in [-0.15, -0.1) is 0 Å². The second kappa shape index (κ2) is 4.17. The molecular weight excluding hydrogens is 300 g/mol. The first-order valence-electron chi connectivity index (χ1n) is 9.57. The molecule has 5 aliphatic heterocycles. The third-order valence-corrected chi connectivity index (χ3v) is 8.46. The van der Waals surface area contributed by atoms with Crippen molar-refractivity contribution >= 4 is 5.69 Å². The van der Waals surface area contributed by atoms with Crippen molar-refractivity contribution in [1.82, 2.24) is 4.90 Å². The topological polar surface area (TPSA) is 46.9 Å². The van der Waals surface area contributed by atoms with E-state index in [9.17, 15) is 10.2 Å². The maximum atomic E-state index is 11.6. The third kappa shape index (κ3) is 1.20. The number of likely N-dealkylation sites (N-methyl/N-ethyl adjacent to an activating group) is 1. The zero-order valence-corrected chi connectivity index (χ0v) is 14.3. The Morgan fingerprint density at radius 1 is 1.21 bits per heavy atom. The van der Waals surface area contributed by atoms with Gasteiger partial charge in [0.05, 0.1) is 12.1 Å². The zero-order valence-electron chi connectivity index (χ0n) is 14.3. The van der Waals surface area contributed by atoms with Crippen LogP contribution < -0.4 is 4.90 Å². The molecule has 1 spiro atoms. The van der Waals surface area contributed by atoms with Crippen molar-refractivity contribution in [2.24, 2.45) is 17.8 Å². The van der Waals surface area contributed by atoms with Crippen molar-refractivity contribution in [2.75, 3.05) is 11.9 Å². The fourth-order valence-corrected chi connectivity index (χ4v) is 7.88. The summed E-state index contributed by atoms with van der Waals surface area (Å²) in [6.07, 6.45) is 2.56. The van der Waals surface area contributed by atoms with Gasteiger partial charge < -0.3 is 15.1 Å². The smallest absolute Gasteiger partial charge is 0.111 e. The number of hydrogen-bond donors (Lipinski definition) is 2. The van der Waals surface area contributed by atoms with E-state index in [2.05, 4.69) is 48.0 Å². The van der Waals surface area contributed by atoms with Crippen molar-refractivity contribution in [2.45, 2.75) is 62.1 Å². The van der Waals surface area contributed by atoms with E-state index in [1.165, 1.54) is 11.3 Å². The lowest BCUT2D eigenvalue weighted by Gasteiger charge is -2.62. The Hall–Kier alpha value is -1.10. The number of hydrogen-bond acceptors (Lipinski definition) is 4. The average Bonchev–Trinajstić information content (AvgIpc) is 2.97. The number of para-hydroxylation sites is 1. The van der Waals surface area contributed by atoms with E-state index in [0.29, 0.717) is 35.9 Å². The molecule has 5 unspecified atom stereocenters. The summed E-state index contributed by atoms with van der Waals surface area (Å²) < 4.78 is 0. The van der Waals surface area contributed by atoms with Gasteiger partial charge in [0, 0.05) is 42.1 Å². The molecule has 0 radical (unpaired) electrons. The van der Waals surface area contributed by atoms with E-state index in [1.54, 1.807) is 0 Å². The van der Waals surface area contributed by atoms with Gasteiger partial charge >= 0.3 is 0 Å². The summed E-state index contributed by atoms with van der Waals surface area (Å²) >= 11 is 0. The molecule has 10 atom stereocenters. The molecule has 1 saturated carbocycles. The van der Waals surface area contributed by atoms with Crippen molar-refractivity contribution in [3.63, 3.8) is 0 Å². The summed E-state index contributed by atoms with van der Waals surface area (Å²) in [6, 6.07) is 9.70. The van der Waals surface area contributed by atoms with Gasteiger partial charge in [-0.1, -0.05) is 25.1 Å². The second-order valence-electron chi connectivity index (χ2n) is 8.81. The molecule has 7 rings (SSSR count). The van der Waals surface area contributed by atoms with Gasteiger partial charge in [-0.25, -0.2) is 0 Å². The van der Waals surface area contributed by atoms with Crippen LogP contribution in [0, 0.1) is 17.8 Å². The Kier molecular flexibility index (Phi) is 2.45. The molecule has 2 N–H and O–H groups in total. The Morgan fingerprint density at radius 2 is 2.00 bits per heavy atom. The van der Waals surface area contributed by atoms with Crippen LogP contribution >= 0.6 is 0 Å². The number of benzene rings is 1. The summed E-state index contributed by atoms with van der Waals surface area (Å²) in [5.74, 6) is 1.14. The van der Waals surface area contributed by atoms with E-state index >= 15 is 0 Å². The molecule has 0 aromatic heterocycles. The second-order valence-corrected chi connectivity index (χ2v) is 8.81. The summed E-state index contributed by atoms with van der Waals surface area (Å²) in [7, 11) is 2.19. The maximum absolute atomic E-state index is 11.6. The SMILES string of the molecule is CC[C@H]1C2CC3[C@@H]4N(C)c5ccccc5[C@]45C[C@@H](C2C5O)N3[C@@H]1O. The number of nitrogens with zero attached hydrogens (tertiary/aromatic N) is 2. The molecule has 1 aliphatic carbocycles. The van der Waals surface area contributed by atoms with Crippen LogP contribution in [0.15, 0.2) is 24.3 Å². The maximum Gasteiger partial charge on any atom is 0.111 e. The Morgan fingerprint density at radius 3 is 2.79 bits per heavy atom. The molecule has 4 saturated heterocycles. The summed E-state index contributed by atoms with van der Waals surface area (Å²) in [5.41, 5.74) is 2.51. The van der Waals surface area contributed by atoms with Crippen molar-refractivity contribution in [1.29, 1.82) is 0 Å². The normalized spacial score (nSPS) is 55.8. The number of aliphatic hydroxyl groups is 2. The monoisotopic (exact) mass is 326 g/mol. The summed E-state index contributed by atoms with van der Waals surface area (Å²) in [5, 5.41) is 22.6.